The first-order chi connectivity index (χ1) is 19.3. The van der Waals surface area contributed by atoms with Crippen LogP contribution in [0.3, 0.4) is 0 Å². The van der Waals surface area contributed by atoms with Gasteiger partial charge in [-0.2, -0.15) is 5.10 Å². The second-order valence-corrected chi connectivity index (χ2v) is 9.19. The highest BCUT2D eigenvalue weighted by Gasteiger charge is 2.29. The first-order valence-electron chi connectivity index (χ1n) is 12.5. The number of aliphatic hydroxyl groups is 1. The average Bonchev–Trinajstić information content (AvgIpc) is 3.53. The lowest BCUT2D eigenvalue weighted by atomic mass is 10.1. The Morgan fingerprint density at radius 2 is 2.00 bits per heavy atom. The molecule has 2 aromatic carbocycles. The summed E-state index contributed by atoms with van der Waals surface area (Å²) in [5.74, 6) is 0.932. The van der Waals surface area contributed by atoms with E-state index in [4.69, 9.17) is 19.6 Å². The molecule has 2 aromatic heterocycles. The Kier molecular flexibility index (Phi) is 7.64. The normalized spacial score (nSPS) is 13.9. The number of amides is 2. The molecule has 1 unspecified atom stereocenters. The molecule has 2 amide bonds. The third-order valence-corrected chi connectivity index (χ3v) is 6.51. The zero-order chi connectivity index (χ0) is 28.2. The summed E-state index contributed by atoms with van der Waals surface area (Å²) in [5, 5.41) is 27.6. The van der Waals surface area contributed by atoms with Crippen molar-refractivity contribution in [2.75, 3.05) is 30.0 Å². The van der Waals surface area contributed by atoms with Gasteiger partial charge >= 0.3 is 12.2 Å². The molecule has 208 valence electrons. The molecular weight excluding hydrogens is 523 g/mol. The largest absolute Gasteiger partial charge is 0.491 e. The molecule has 0 bridgehead atoms. The van der Waals surface area contributed by atoms with Gasteiger partial charge in [-0.1, -0.05) is 18.2 Å². The number of ether oxygens (including phenoxy) is 2. The number of carboxylic acid groups (broad SMARTS) is 1. The number of fused-ring (bicyclic) bond motifs is 2. The number of aromatic nitrogens is 3. The van der Waals surface area contributed by atoms with Crippen LogP contribution in [0.25, 0.3) is 5.65 Å². The predicted molar refractivity (Wildman–Crippen MR) is 142 cm³/mol. The number of halogens is 1. The van der Waals surface area contributed by atoms with Crippen LogP contribution in [0, 0.1) is 5.82 Å². The maximum absolute atomic E-state index is 14.3. The number of anilines is 2. The Balaban J connectivity index is 1.38. The van der Waals surface area contributed by atoms with Crippen molar-refractivity contribution in [3.8, 4) is 11.5 Å². The highest BCUT2D eigenvalue weighted by molar-refractivity contribution is 5.90. The van der Waals surface area contributed by atoms with Gasteiger partial charge in [-0.15, -0.1) is 0 Å². The lowest BCUT2D eigenvalue weighted by Gasteiger charge is -2.28. The summed E-state index contributed by atoms with van der Waals surface area (Å²) < 4.78 is 27.0. The molecule has 4 aromatic rings. The smallest absolute Gasteiger partial charge is 0.417 e. The summed E-state index contributed by atoms with van der Waals surface area (Å²) in [5.41, 5.74) is 2.22. The molecule has 5 rings (SSSR count). The van der Waals surface area contributed by atoms with Gasteiger partial charge in [0, 0.05) is 23.9 Å². The molecule has 0 saturated carbocycles. The van der Waals surface area contributed by atoms with E-state index in [-0.39, 0.29) is 12.6 Å². The van der Waals surface area contributed by atoms with Crippen molar-refractivity contribution in [1.29, 1.82) is 0 Å². The van der Waals surface area contributed by atoms with Crippen molar-refractivity contribution in [3.05, 3.63) is 77.9 Å². The number of nitrogens with one attached hydrogen (secondary N) is 2. The fourth-order valence-electron chi connectivity index (χ4n) is 4.56. The van der Waals surface area contributed by atoms with Gasteiger partial charge in [0.05, 0.1) is 24.9 Å². The van der Waals surface area contributed by atoms with Gasteiger partial charge in [-0.3, -0.25) is 5.32 Å². The number of aliphatic hydroxyl groups excluding tert-OH is 1. The molecule has 0 radical (unpaired) electrons. The summed E-state index contributed by atoms with van der Waals surface area (Å²) in [6.45, 7) is 1.87. The van der Waals surface area contributed by atoms with Crippen molar-refractivity contribution >= 4 is 29.3 Å². The minimum absolute atomic E-state index is 0.145. The minimum Gasteiger partial charge on any atom is -0.491 e. The molecule has 1 aliphatic rings. The van der Waals surface area contributed by atoms with Crippen molar-refractivity contribution in [3.63, 3.8) is 0 Å². The molecule has 0 fully saturated rings. The molecule has 12 nitrogen and oxygen atoms in total. The predicted octanol–water partition coefficient (Wildman–Crippen LogP) is 3.61. The van der Waals surface area contributed by atoms with E-state index in [2.05, 4.69) is 15.7 Å². The van der Waals surface area contributed by atoms with E-state index in [1.807, 2.05) is 24.1 Å². The van der Waals surface area contributed by atoms with Crippen LogP contribution in [0.4, 0.5) is 25.5 Å². The van der Waals surface area contributed by atoms with Gasteiger partial charge < -0.3 is 29.9 Å². The Bertz CT molecular complexity index is 1530. The maximum Gasteiger partial charge on any atom is 0.417 e. The molecule has 0 aliphatic carbocycles. The molecule has 1 aliphatic heterocycles. The summed E-state index contributed by atoms with van der Waals surface area (Å²) >= 11 is 0. The van der Waals surface area contributed by atoms with Gasteiger partial charge in [0.2, 0.25) is 0 Å². The Morgan fingerprint density at radius 3 is 2.75 bits per heavy atom. The van der Waals surface area contributed by atoms with Gasteiger partial charge in [0.15, 0.2) is 5.65 Å². The number of hydrogen-bond acceptors (Lipinski definition) is 8. The zero-order valence-electron chi connectivity index (χ0n) is 21.5. The first kappa shape index (κ1) is 26.7. The van der Waals surface area contributed by atoms with E-state index in [9.17, 15) is 19.1 Å². The van der Waals surface area contributed by atoms with Crippen LogP contribution < -0.4 is 25.0 Å². The number of carbonyl (C=O) groups excluding carboxylic acids is 1. The third-order valence-electron chi connectivity index (χ3n) is 6.51. The second-order valence-electron chi connectivity index (χ2n) is 9.19. The number of carbonyl (C=O) groups is 2. The molecule has 0 spiro atoms. The number of rotatable bonds is 9. The summed E-state index contributed by atoms with van der Waals surface area (Å²) in [6, 6.07) is 11.5. The molecule has 0 saturated heterocycles. The minimum atomic E-state index is -1.29. The molecule has 4 N–H and O–H groups in total. The van der Waals surface area contributed by atoms with Crippen LogP contribution in [0.5, 0.6) is 11.5 Å². The fourth-order valence-corrected chi connectivity index (χ4v) is 4.56. The highest BCUT2D eigenvalue weighted by Crippen LogP contribution is 2.38. The number of hydrogen-bond donors (Lipinski definition) is 4. The van der Waals surface area contributed by atoms with Crippen molar-refractivity contribution < 1.29 is 33.7 Å². The number of para-hydroxylation sites is 1. The third kappa shape index (κ3) is 5.73. The van der Waals surface area contributed by atoms with E-state index in [0.717, 1.165) is 5.56 Å². The van der Waals surface area contributed by atoms with Crippen LogP contribution in [0.1, 0.15) is 24.1 Å². The number of benzene rings is 2. The Labute approximate surface area is 228 Å². The van der Waals surface area contributed by atoms with Crippen LogP contribution in [0.15, 0.2) is 60.9 Å². The quantitative estimate of drug-likeness (QED) is 0.245. The highest BCUT2D eigenvalue weighted by atomic mass is 19.1. The maximum atomic E-state index is 14.3. The summed E-state index contributed by atoms with van der Waals surface area (Å²) in [4.78, 5) is 30.2. The van der Waals surface area contributed by atoms with Crippen molar-refractivity contribution in [1.82, 2.24) is 19.9 Å². The Morgan fingerprint density at radius 1 is 1.20 bits per heavy atom. The van der Waals surface area contributed by atoms with Crippen LogP contribution in [-0.4, -0.2) is 62.8 Å². The van der Waals surface area contributed by atoms with Crippen molar-refractivity contribution in [2.45, 2.75) is 25.4 Å². The monoisotopic (exact) mass is 550 g/mol. The SMILES string of the molecule is C[C@H](c1cc(F)ccc1OCC(CO)NC(=O)O)N1CCc2cn3ncc(NC(=O)Oc4ccccc4)c3nc21. The molecule has 40 heavy (non-hydrogen) atoms. The topological polar surface area (TPSA) is 151 Å². The zero-order valence-corrected chi connectivity index (χ0v) is 21.5. The molecular formula is C27H27FN6O6. The fraction of sp³-hybridized carbons (Fsp3) is 0.259. The first-order valence-corrected chi connectivity index (χ1v) is 12.5. The van der Waals surface area contributed by atoms with Gasteiger partial charge in [0.25, 0.3) is 0 Å². The van der Waals surface area contributed by atoms with Gasteiger partial charge in [-0.25, -0.2) is 23.5 Å². The standard InChI is InChI=1S/C27H27FN6O6/c1-16(21-11-18(28)7-8-23(21)39-15-19(14-35)30-26(36)37)33-10-9-17-13-34-25(32-24(17)33)22(12-29-34)31-27(38)40-20-5-3-2-4-6-20/h2-8,11-13,16,19,30,35H,9-10,14-15H2,1H3,(H,31,38)(H,36,37)/t16-,19?/m1/s1. The van der Waals surface area contributed by atoms with Crippen molar-refractivity contribution in [2.24, 2.45) is 0 Å². The summed E-state index contributed by atoms with van der Waals surface area (Å²) in [7, 11) is 0. The van der Waals surface area contributed by atoms with Crippen LogP contribution in [0.2, 0.25) is 0 Å². The van der Waals surface area contributed by atoms with Crippen LogP contribution in [-0.2, 0) is 6.42 Å². The lowest BCUT2D eigenvalue weighted by molar-refractivity contribution is 0.155. The van der Waals surface area contributed by atoms with E-state index in [1.165, 1.54) is 24.4 Å². The van der Waals surface area contributed by atoms with E-state index >= 15 is 0 Å². The van der Waals surface area contributed by atoms with E-state index in [0.29, 0.717) is 47.2 Å². The average molecular weight is 551 g/mol. The van der Waals surface area contributed by atoms with Gasteiger partial charge in [-0.05, 0) is 43.7 Å². The van der Waals surface area contributed by atoms with Crippen LogP contribution >= 0.6 is 0 Å². The molecule has 2 atom stereocenters. The molecule has 13 heteroatoms. The summed E-state index contributed by atoms with van der Waals surface area (Å²) in [6.07, 6.45) is 2.02. The second kappa shape index (κ2) is 11.5. The van der Waals surface area contributed by atoms with Gasteiger partial charge in [0.1, 0.15) is 35.4 Å². The molecule has 3 heterocycles. The van der Waals surface area contributed by atoms with E-state index < -0.39 is 30.7 Å². The lowest BCUT2D eigenvalue weighted by Crippen LogP contribution is -2.41. The Hall–Kier alpha value is -4.91. The van der Waals surface area contributed by atoms with E-state index in [1.54, 1.807) is 28.8 Å². The number of nitrogens with zero attached hydrogens (tertiary/aromatic N) is 4.